The van der Waals surface area contributed by atoms with Crippen molar-refractivity contribution in [1.82, 2.24) is 45.2 Å². The lowest BCUT2D eigenvalue weighted by atomic mass is 9.93. The van der Waals surface area contributed by atoms with Crippen molar-refractivity contribution in [3.05, 3.63) is 47.0 Å². The van der Waals surface area contributed by atoms with Crippen LogP contribution in [0.1, 0.15) is 80.6 Å². The minimum Gasteiger partial charge on any atom is -0.481 e. The second kappa shape index (κ2) is 32.1. The first kappa shape index (κ1) is 62.9. The van der Waals surface area contributed by atoms with Crippen LogP contribution in [-0.4, -0.2) is 239 Å². The molecule has 76 heavy (non-hydrogen) atoms. The summed E-state index contributed by atoms with van der Waals surface area (Å²) in [5.41, 5.74) is 1.63. The van der Waals surface area contributed by atoms with Crippen LogP contribution in [0.4, 0.5) is 10.7 Å². The van der Waals surface area contributed by atoms with Crippen molar-refractivity contribution < 1.29 is 88.8 Å². The molecule has 0 bridgehead atoms. The number of benzene rings is 1. The molecule has 420 valence electrons. The van der Waals surface area contributed by atoms with E-state index in [0.29, 0.717) is 49.7 Å². The number of rotatable bonds is 32. The van der Waals surface area contributed by atoms with Crippen LogP contribution < -0.4 is 15.5 Å². The number of anilines is 1. The van der Waals surface area contributed by atoms with E-state index in [2.05, 4.69) is 15.3 Å². The predicted molar refractivity (Wildman–Crippen MR) is 266 cm³/mol. The Labute approximate surface area is 437 Å². The number of Topliss-reactive ketones (excluding diaryl/α,β-unsaturated/α-hetero) is 1. The van der Waals surface area contributed by atoms with E-state index in [0.717, 1.165) is 11.1 Å². The Morgan fingerprint density at radius 2 is 1.07 bits per heavy atom. The second-order valence-corrected chi connectivity index (χ2v) is 18.8. The molecule has 4 atom stereocenters. The Morgan fingerprint density at radius 3 is 1.58 bits per heavy atom. The molecule has 1 fully saturated rings. The summed E-state index contributed by atoms with van der Waals surface area (Å²) in [6.07, 6.45) is 0.408. The lowest BCUT2D eigenvalue weighted by molar-refractivity contribution is -0.144. The maximum Gasteiger partial charge on any atom is 0.326 e. The molecule has 1 aliphatic heterocycles. The summed E-state index contributed by atoms with van der Waals surface area (Å²) in [6, 6.07) is 2.47. The van der Waals surface area contributed by atoms with Crippen LogP contribution in [0.25, 0.3) is 0 Å². The summed E-state index contributed by atoms with van der Waals surface area (Å²) < 4.78 is 0. The summed E-state index contributed by atoms with van der Waals surface area (Å²) >= 11 is 0. The number of hydrogen-bond acceptors (Lipinski definition) is 18. The molecule has 28 nitrogen and oxygen atoms in total. The maximum atomic E-state index is 12.8. The standard InChI is InChI=1S/C48H70N10O18/c1-54(2)47-52-37(7-5-3-4-6-32(44(70)71)24-34(59)12-13-35(45(72)73)49-48(76)50-36(46(74)75)14-15-39(60)61)51-38(53-47)23-31-10-8-30(9-11-31)22-33-25-57(28-42(66)67)19-18-55(26-40(62)63)16-17-56(27-41(64)65)20-21-58(33)29-43(68)69/h8-11,32-33,35-36H,3-7,12-29H2,1-2H3,(H,60,61)(H,62,63)(H,64,65)(H,66,67)(H,68,69)(H,70,71)(H,72,73)(H,74,75)(H2,49,50,76)/t32-,33?,35+,36+/m1/s1. The molecule has 2 heterocycles. The van der Waals surface area contributed by atoms with Crippen molar-refractivity contribution in [1.29, 1.82) is 0 Å². The van der Waals surface area contributed by atoms with Crippen molar-refractivity contribution in [2.75, 3.05) is 91.0 Å². The highest BCUT2D eigenvalue weighted by Crippen LogP contribution is 2.20. The Kier molecular flexibility index (Phi) is 26.6. The zero-order valence-corrected chi connectivity index (χ0v) is 42.6. The lowest BCUT2D eigenvalue weighted by Gasteiger charge is -2.37. The number of carbonyl (C=O) groups excluding carboxylic acids is 2. The molecule has 10 N–H and O–H groups in total. The quantitative estimate of drug-likeness (QED) is 0.0417. The normalized spacial score (nSPS) is 16.4. The maximum absolute atomic E-state index is 12.8. The third-order valence-electron chi connectivity index (χ3n) is 12.4. The minimum absolute atomic E-state index is 0.115. The van der Waals surface area contributed by atoms with Crippen LogP contribution in [-0.2, 0) is 62.4 Å². The third-order valence-corrected chi connectivity index (χ3v) is 12.4. The monoisotopic (exact) mass is 1070 g/mol. The van der Waals surface area contributed by atoms with E-state index < -0.39 is 122 Å². The highest BCUT2D eigenvalue weighted by atomic mass is 16.4. The molecule has 1 aromatic heterocycles. The number of amides is 2. The van der Waals surface area contributed by atoms with E-state index in [9.17, 15) is 83.7 Å². The largest absolute Gasteiger partial charge is 0.481 e. The summed E-state index contributed by atoms with van der Waals surface area (Å²) in [7, 11) is 3.54. The number of aromatic nitrogens is 3. The van der Waals surface area contributed by atoms with Crippen molar-refractivity contribution in [2.45, 2.75) is 95.2 Å². The van der Waals surface area contributed by atoms with Gasteiger partial charge in [-0.3, -0.25) is 53.2 Å². The fourth-order valence-corrected chi connectivity index (χ4v) is 8.44. The van der Waals surface area contributed by atoms with Gasteiger partial charge in [-0.05, 0) is 43.2 Å². The minimum atomic E-state index is -1.63. The zero-order chi connectivity index (χ0) is 56.5. The first-order valence-electron chi connectivity index (χ1n) is 24.6. The lowest BCUT2D eigenvalue weighted by Crippen LogP contribution is -2.53. The molecule has 1 aromatic carbocycles. The SMILES string of the molecule is CN(C)c1nc(CCCCC[C@H](CC(=O)CC[C@H](NC(=O)N[C@@H](CCC(=O)O)C(=O)O)C(=O)O)C(=O)O)nc(Cc2ccc(CC3CN(CC(=O)O)CCN(CC(=O)O)CCN(CC(=O)O)CCN3CC(=O)O)cc2)n1. The first-order chi connectivity index (χ1) is 35.9. The van der Waals surface area contributed by atoms with Gasteiger partial charge in [0.15, 0.2) is 0 Å². The Morgan fingerprint density at radius 1 is 0.566 bits per heavy atom. The molecule has 0 aliphatic carbocycles. The molecule has 3 rings (SSSR count). The van der Waals surface area contributed by atoms with Crippen LogP contribution in [0.15, 0.2) is 24.3 Å². The van der Waals surface area contributed by atoms with Gasteiger partial charge in [0.25, 0.3) is 0 Å². The predicted octanol–water partition coefficient (Wildman–Crippen LogP) is -0.387. The molecule has 1 unspecified atom stereocenters. The second-order valence-electron chi connectivity index (χ2n) is 18.8. The van der Waals surface area contributed by atoms with Gasteiger partial charge in [0, 0.05) is 98.1 Å². The van der Waals surface area contributed by atoms with Gasteiger partial charge in [0.05, 0.1) is 32.1 Å². The number of urea groups is 1. The fourth-order valence-electron chi connectivity index (χ4n) is 8.44. The van der Waals surface area contributed by atoms with Crippen molar-refractivity contribution in [2.24, 2.45) is 5.92 Å². The van der Waals surface area contributed by atoms with E-state index in [-0.39, 0.29) is 78.3 Å². The molecule has 1 saturated heterocycles. The number of hydrogen-bond donors (Lipinski definition) is 10. The summed E-state index contributed by atoms with van der Waals surface area (Å²) in [6.45, 7) is -0.364. The number of aryl methyl sites for hydroxylation is 1. The van der Waals surface area contributed by atoms with Crippen molar-refractivity contribution in [3.8, 4) is 0 Å². The van der Waals surface area contributed by atoms with Crippen molar-refractivity contribution >= 4 is 65.5 Å². The molecule has 2 amide bonds. The molecule has 2 aromatic rings. The Bertz CT molecular complexity index is 2320. The molecular weight excluding hydrogens is 1000 g/mol. The number of aliphatic carboxylic acids is 8. The van der Waals surface area contributed by atoms with Gasteiger partial charge in [0.1, 0.15) is 29.5 Å². The topological polar surface area (TPSA) is 411 Å². The van der Waals surface area contributed by atoms with Gasteiger partial charge < -0.3 is 56.4 Å². The molecule has 1 aliphatic rings. The van der Waals surface area contributed by atoms with Gasteiger partial charge in [-0.15, -0.1) is 0 Å². The summed E-state index contributed by atoms with van der Waals surface area (Å²) in [4.78, 5) is 141. The van der Waals surface area contributed by atoms with Crippen LogP contribution in [0, 0.1) is 5.92 Å². The zero-order valence-electron chi connectivity index (χ0n) is 42.6. The van der Waals surface area contributed by atoms with Crippen LogP contribution >= 0.6 is 0 Å². The molecular formula is C48H70N10O18. The molecule has 0 radical (unpaired) electrons. The average Bonchev–Trinajstić information content (AvgIpc) is 3.32. The molecule has 0 spiro atoms. The number of carboxylic acids is 8. The number of carboxylic acid groups (broad SMARTS) is 8. The van der Waals surface area contributed by atoms with Crippen LogP contribution in [0.2, 0.25) is 0 Å². The summed E-state index contributed by atoms with van der Waals surface area (Å²) in [5, 5.41) is 80.4. The van der Waals surface area contributed by atoms with E-state index in [1.807, 2.05) is 29.6 Å². The Hall–Kier alpha value is -7.43. The summed E-state index contributed by atoms with van der Waals surface area (Å²) in [5.74, 6) is -10.3. The number of unbranched alkanes of at least 4 members (excludes halogenated alkanes) is 2. The van der Waals surface area contributed by atoms with Crippen molar-refractivity contribution in [3.63, 3.8) is 0 Å². The number of nitrogens with one attached hydrogen (secondary N) is 2. The van der Waals surface area contributed by atoms with Gasteiger partial charge in [-0.25, -0.2) is 19.4 Å². The number of nitrogens with zero attached hydrogens (tertiary/aromatic N) is 8. The van der Waals surface area contributed by atoms with Gasteiger partial charge >= 0.3 is 53.8 Å². The third kappa shape index (κ3) is 24.7. The van der Waals surface area contributed by atoms with Gasteiger partial charge in [0.2, 0.25) is 5.95 Å². The van der Waals surface area contributed by atoms with E-state index in [4.69, 9.17) is 10.1 Å². The highest BCUT2D eigenvalue weighted by Gasteiger charge is 2.30. The fraction of sp³-hybridized carbons (Fsp3) is 0.604. The van der Waals surface area contributed by atoms with Gasteiger partial charge in [-0.2, -0.15) is 9.97 Å². The van der Waals surface area contributed by atoms with Gasteiger partial charge in [-0.1, -0.05) is 37.1 Å². The first-order valence-corrected chi connectivity index (χ1v) is 24.6. The average molecular weight is 1080 g/mol. The van der Waals surface area contributed by atoms with Crippen LogP contribution in [0.3, 0.4) is 0 Å². The van der Waals surface area contributed by atoms with E-state index in [1.54, 1.807) is 38.6 Å². The van der Waals surface area contributed by atoms with E-state index in [1.165, 1.54) is 0 Å². The van der Waals surface area contributed by atoms with E-state index >= 15 is 0 Å². The smallest absolute Gasteiger partial charge is 0.326 e. The molecule has 0 saturated carbocycles. The van der Waals surface area contributed by atoms with Crippen LogP contribution in [0.5, 0.6) is 0 Å². The highest BCUT2D eigenvalue weighted by molar-refractivity contribution is 5.87. The number of carbonyl (C=O) groups is 10. The Balaban J connectivity index is 1.66. The number of ketones is 1. The molecule has 28 heteroatoms.